The number of rotatable bonds is 5. The molecular formula is C24H24FNO3. The third-order valence-electron chi connectivity index (χ3n) is 5.63. The first kappa shape index (κ1) is 19.4. The summed E-state index contributed by atoms with van der Waals surface area (Å²) >= 11 is 0. The number of carbonyl (C=O) groups is 2. The minimum Gasteiger partial charge on any atom is -0.494 e. The Morgan fingerprint density at radius 1 is 0.966 bits per heavy atom. The number of nitrogens with one attached hydrogen (secondary N) is 1. The maximum Gasteiger partial charge on any atom is 0.225 e. The van der Waals surface area contributed by atoms with E-state index >= 15 is 0 Å². The van der Waals surface area contributed by atoms with E-state index in [2.05, 4.69) is 12.2 Å². The van der Waals surface area contributed by atoms with Crippen LogP contribution in [0.1, 0.15) is 55.6 Å². The Morgan fingerprint density at radius 2 is 1.66 bits per heavy atom. The van der Waals surface area contributed by atoms with Gasteiger partial charge in [-0.1, -0.05) is 31.2 Å². The Labute approximate surface area is 169 Å². The van der Waals surface area contributed by atoms with Gasteiger partial charge in [-0.2, -0.15) is 0 Å². The molecule has 1 aliphatic heterocycles. The van der Waals surface area contributed by atoms with Crippen molar-refractivity contribution in [3.63, 3.8) is 0 Å². The van der Waals surface area contributed by atoms with Crippen LogP contribution in [-0.2, 0) is 9.59 Å². The Morgan fingerprint density at radius 3 is 2.34 bits per heavy atom. The first-order valence-corrected chi connectivity index (χ1v) is 10.1. The lowest BCUT2D eigenvalue weighted by Crippen LogP contribution is -2.38. The molecule has 1 N–H and O–H groups in total. The molecule has 150 valence electrons. The summed E-state index contributed by atoms with van der Waals surface area (Å²) < 4.78 is 18.9. The molecule has 2 aliphatic rings. The second kappa shape index (κ2) is 8.19. The number of ketones is 1. The van der Waals surface area contributed by atoms with Crippen molar-refractivity contribution in [1.82, 2.24) is 5.32 Å². The quantitative estimate of drug-likeness (QED) is 0.807. The molecule has 1 amide bonds. The van der Waals surface area contributed by atoms with Crippen molar-refractivity contribution < 1.29 is 18.7 Å². The standard InChI is InChI=1S/C24H24FNO3/c1-2-11-29-19-9-5-16(6-10-19)20-14-23(28)26-21-12-17(13-22(27)24(20)21)15-3-7-18(25)8-4-15/h3-10,17,20H,2,11-14H2,1H3,(H,26,28)/t17-,20+/m0/s1. The van der Waals surface area contributed by atoms with Gasteiger partial charge in [-0.25, -0.2) is 4.39 Å². The summed E-state index contributed by atoms with van der Waals surface area (Å²) in [4.78, 5) is 25.4. The molecule has 5 heteroatoms. The third-order valence-corrected chi connectivity index (χ3v) is 5.63. The molecule has 2 atom stereocenters. The predicted molar refractivity (Wildman–Crippen MR) is 108 cm³/mol. The fourth-order valence-corrected chi connectivity index (χ4v) is 4.23. The zero-order valence-corrected chi connectivity index (χ0v) is 16.4. The topological polar surface area (TPSA) is 55.4 Å². The van der Waals surface area contributed by atoms with Crippen LogP contribution in [0.2, 0.25) is 0 Å². The monoisotopic (exact) mass is 393 g/mol. The van der Waals surface area contributed by atoms with Gasteiger partial charge in [-0.05, 0) is 54.2 Å². The van der Waals surface area contributed by atoms with Crippen molar-refractivity contribution in [3.8, 4) is 5.75 Å². The predicted octanol–water partition coefficient (Wildman–Crippen LogP) is 4.62. The number of allylic oxidation sites excluding steroid dienone is 2. The van der Waals surface area contributed by atoms with Gasteiger partial charge >= 0.3 is 0 Å². The fourth-order valence-electron chi connectivity index (χ4n) is 4.23. The molecule has 1 heterocycles. The van der Waals surface area contributed by atoms with Gasteiger partial charge in [0.25, 0.3) is 0 Å². The van der Waals surface area contributed by atoms with E-state index in [-0.39, 0.29) is 35.8 Å². The summed E-state index contributed by atoms with van der Waals surface area (Å²) in [6.45, 7) is 2.71. The zero-order valence-electron chi connectivity index (χ0n) is 16.4. The first-order valence-electron chi connectivity index (χ1n) is 10.1. The number of halogens is 1. The zero-order chi connectivity index (χ0) is 20.4. The molecule has 0 fully saturated rings. The largest absolute Gasteiger partial charge is 0.494 e. The van der Waals surface area contributed by atoms with Crippen LogP contribution < -0.4 is 10.1 Å². The normalized spacial score (nSPS) is 21.6. The molecule has 0 saturated carbocycles. The number of hydrogen-bond donors (Lipinski definition) is 1. The molecule has 0 bridgehead atoms. The van der Waals surface area contributed by atoms with Crippen molar-refractivity contribution in [2.24, 2.45) is 0 Å². The number of amides is 1. The van der Waals surface area contributed by atoms with E-state index in [1.54, 1.807) is 12.1 Å². The van der Waals surface area contributed by atoms with Gasteiger partial charge < -0.3 is 10.1 Å². The van der Waals surface area contributed by atoms with E-state index in [0.717, 1.165) is 23.3 Å². The SMILES string of the molecule is CCCOc1ccc([C@H]2CC(=O)NC3=C2C(=O)C[C@@H](c2ccc(F)cc2)C3)cc1. The van der Waals surface area contributed by atoms with Crippen LogP contribution in [0.3, 0.4) is 0 Å². The highest BCUT2D eigenvalue weighted by Crippen LogP contribution is 2.42. The summed E-state index contributed by atoms with van der Waals surface area (Å²) in [5, 5.41) is 2.92. The minimum absolute atomic E-state index is 0.0503. The summed E-state index contributed by atoms with van der Waals surface area (Å²) in [5.41, 5.74) is 3.29. The lowest BCUT2D eigenvalue weighted by atomic mass is 9.73. The molecule has 2 aromatic rings. The second-order valence-electron chi connectivity index (χ2n) is 7.69. The summed E-state index contributed by atoms with van der Waals surface area (Å²) in [6, 6.07) is 13.9. The van der Waals surface area contributed by atoms with Crippen molar-refractivity contribution >= 4 is 11.7 Å². The van der Waals surface area contributed by atoms with Gasteiger partial charge in [0.1, 0.15) is 11.6 Å². The molecule has 1 aliphatic carbocycles. The highest BCUT2D eigenvalue weighted by molar-refractivity contribution is 6.02. The van der Waals surface area contributed by atoms with Crippen LogP contribution >= 0.6 is 0 Å². The number of ether oxygens (including phenoxy) is 1. The van der Waals surface area contributed by atoms with Crippen LogP contribution in [0.25, 0.3) is 0 Å². The average Bonchev–Trinajstić information content (AvgIpc) is 2.72. The van der Waals surface area contributed by atoms with Gasteiger partial charge in [-0.15, -0.1) is 0 Å². The Hall–Kier alpha value is -2.95. The lowest BCUT2D eigenvalue weighted by Gasteiger charge is -2.34. The van der Waals surface area contributed by atoms with E-state index in [1.807, 2.05) is 24.3 Å². The second-order valence-corrected chi connectivity index (χ2v) is 7.69. The van der Waals surface area contributed by atoms with Crippen molar-refractivity contribution in [2.45, 2.75) is 44.4 Å². The molecule has 0 saturated heterocycles. The molecule has 0 unspecified atom stereocenters. The molecule has 0 aromatic heterocycles. The number of Topliss-reactive ketones (excluding diaryl/α,β-unsaturated/α-hetero) is 1. The fraction of sp³-hybridized carbons (Fsp3) is 0.333. The number of carbonyl (C=O) groups excluding carboxylic acids is 2. The van der Waals surface area contributed by atoms with Crippen molar-refractivity contribution in [3.05, 3.63) is 76.7 Å². The van der Waals surface area contributed by atoms with Crippen molar-refractivity contribution in [1.29, 1.82) is 0 Å². The number of benzene rings is 2. The minimum atomic E-state index is -0.298. The Balaban J connectivity index is 1.62. The van der Waals surface area contributed by atoms with Gasteiger partial charge in [0.15, 0.2) is 5.78 Å². The molecule has 4 nitrogen and oxygen atoms in total. The van der Waals surface area contributed by atoms with Crippen LogP contribution in [-0.4, -0.2) is 18.3 Å². The van der Waals surface area contributed by atoms with Gasteiger partial charge in [-0.3, -0.25) is 9.59 Å². The van der Waals surface area contributed by atoms with E-state index in [1.165, 1.54) is 12.1 Å². The average molecular weight is 393 g/mol. The lowest BCUT2D eigenvalue weighted by molar-refractivity contribution is -0.122. The molecule has 0 spiro atoms. The highest BCUT2D eigenvalue weighted by Gasteiger charge is 2.38. The van der Waals surface area contributed by atoms with E-state index < -0.39 is 0 Å². The number of hydrogen-bond acceptors (Lipinski definition) is 3. The maximum absolute atomic E-state index is 13.2. The molecule has 29 heavy (non-hydrogen) atoms. The summed E-state index contributed by atoms with van der Waals surface area (Å²) in [7, 11) is 0. The van der Waals surface area contributed by atoms with Crippen LogP contribution in [0, 0.1) is 5.82 Å². The van der Waals surface area contributed by atoms with Crippen LogP contribution in [0.5, 0.6) is 5.75 Å². The highest BCUT2D eigenvalue weighted by atomic mass is 19.1. The maximum atomic E-state index is 13.2. The van der Waals surface area contributed by atoms with E-state index in [0.29, 0.717) is 30.7 Å². The van der Waals surface area contributed by atoms with Gasteiger partial charge in [0, 0.05) is 30.0 Å². The van der Waals surface area contributed by atoms with Gasteiger partial charge in [0.05, 0.1) is 6.61 Å². The molecular weight excluding hydrogens is 369 g/mol. The Kier molecular flexibility index (Phi) is 5.47. The molecule has 4 rings (SSSR count). The Bertz CT molecular complexity index is 947. The van der Waals surface area contributed by atoms with E-state index in [9.17, 15) is 14.0 Å². The summed E-state index contributed by atoms with van der Waals surface area (Å²) in [6.07, 6.45) is 2.15. The van der Waals surface area contributed by atoms with Crippen LogP contribution in [0.15, 0.2) is 59.8 Å². The first-order chi connectivity index (χ1) is 14.0. The van der Waals surface area contributed by atoms with Crippen molar-refractivity contribution in [2.75, 3.05) is 6.61 Å². The van der Waals surface area contributed by atoms with Gasteiger partial charge in [0.2, 0.25) is 5.91 Å². The van der Waals surface area contributed by atoms with E-state index in [4.69, 9.17) is 4.74 Å². The smallest absolute Gasteiger partial charge is 0.225 e. The van der Waals surface area contributed by atoms with Crippen LogP contribution in [0.4, 0.5) is 4.39 Å². The molecule has 2 aromatic carbocycles. The third kappa shape index (κ3) is 4.09. The summed E-state index contributed by atoms with van der Waals surface area (Å²) in [5.74, 6) is 0.181. The molecule has 0 radical (unpaired) electrons.